The molecule has 1 aromatic carbocycles. The summed E-state index contributed by atoms with van der Waals surface area (Å²) in [7, 11) is 0. The molecule has 1 fully saturated rings. The molecule has 1 aliphatic rings. The van der Waals surface area contributed by atoms with Crippen molar-refractivity contribution in [1.29, 1.82) is 0 Å². The van der Waals surface area contributed by atoms with Crippen molar-refractivity contribution >= 4 is 5.78 Å². The zero-order valence-electron chi connectivity index (χ0n) is 11.9. The SMILES string of the molecule is C=CC1CCCCN1CCCC(=O)c1ccc(F)cc1. The number of nitrogens with zero attached hydrogens (tertiary/aromatic N) is 1. The maximum Gasteiger partial charge on any atom is 0.162 e. The number of carbonyl (C=O) groups is 1. The number of halogens is 1. The Morgan fingerprint density at radius 3 is 2.80 bits per heavy atom. The Bertz CT molecular complexity index is 455. The Balaban J connectivity index is 1.78. The summed E-state index contributed by atoms with van der Waals surface area (Å²) < 4.78 is 12.8. The molecule has 0 amide bonds. The van der Waals surface area contributed by atoms with Crippen LogP contribution in [0.5, 0.6) is 0 Å². The van der Waals surface area contributed by atoms with Crippen LogP contribution in [-0.2, 0) is 0 Å². The summed E-state index contributed by atoms with van der Waals surface area (Å²) in [5.41, 5.74) is 0.602. The minimum Gasteiger partial charge on any atom is -0.297 e. The van der Waals surface area contributed by atoms with Crippen molar-refractivity contribution in [3.63, 3.8) is 0 Å². The van der Waals surface area contributed by atoms with E-state index in [4.69, 9.17) is 0 Å². The first kappa shape index (κ1) is 14.9. The van der Waals surface area contributed by atoms with E-state index in [1.54, 1.807) is 12.1 Å². The van der Waals surface area contributed by atoms with Crippen LogP contribution in [0.4, 0.5) is 4.39 Å². The Hall–Kier alpha value is -1.48. The number of piperidine rings is 1. The lowest BCUT2D eigenvalue weighted by Crippen LogP contribution is -2.38. The lowest BCUT2D eigenvalue weighted by molar-refractivity contribution is 0.0968. The van der Waals surface area contributed by atoms with Gasteiger partial charge in [0.25, 0.3) is 0 Å². The summed E-state index contributed by atoms with van der Waals surface area (Å²) in [4.78, 5) is 14.4. The fourth-order valence-corrected chi connectivity index (χ4v) is 2.78. The topological polar surface area (TPSA) is 20.3 Å². The Morgan fingerprint density at radius 1 is 1.35 bits per heavy atom. The molecular formula is C17H22FNO. The lowest BCUT2D eigenvalue weighted by atomic mass is 10.0. The van der Waals surface area contributed by atoms with E-state index in [1.807, 2.05) is 6.08 Å². The molecule has 0 radical (unpaired) electrons. The molecular weight excluding hydrogens is 253 g/mol. The molecule has 1 aromatic rings. The zero-order valence-corrected chi connectivity index (χ0v) is 11.9. The average molecular weight is 275 g/mol. The van der Waals surface area contributed by atoms with E-state index in [0.717, 1.165) is 19.5 Å². The summed E-state index contributed by atoms with van der Waals surface area (Å²) >= 11 is 0. The van der Waals surface area contributed by atoms with E-state index in [2.05, 4.69) is 11.5 Å². The minimum atomic E-state index is -0.302. The van der Waals surface area contributed by atoms with Crippen LogP contribution >= 0.6 is 0 Å². The van der Waals surface area contributed by atoms with Crippen LogP contribution in [0, 0.1) is 5.82 Å². The van der Waals surface area contributed by atoms with Gasteiger partial charge in [-0.25, -0.2) is 4.39 Å². The molecule has 20 heavy (non-hydrogen) atoms. The van der Waals surface area contributed by atoms with E-state index in [0.29, 0.717) is 18.0 Å². The highest BCUT2D eigenvalue weighted by molar-refractivity contribution is 5.95. The van der Waals surface area contributed by atoms with Gasteiger partial charge in [0.1, 0.15) is 5.82 Å². The molecule has 0 bridgehead atoms. The molecule has 2 rings (SSSR count). The van der Waals surface area contributed by atoms with Gasteiger partial charge in [0.15, 0.2) is 5.78 Å². The van der Waals surface area contributed by atoms with Gasteiger partial charge in [-0.15, -0.1) is 6.58 Å². The second-order valence-electron chi connectivity index (χ2n) is 5.37. The molecule has 1 heterocycles. The van der Waals surface area contributed by atoms with Gasteiger partial charge in [0, 0.05) is 18.0 Å². The molecule has 108 valence electrons. The van der Waals surface area contributed by atoms with E-state index in [9.17, 15) is 9.18 Å². The maximum atomic E-state index is 12.8. The third-order valence-corrected chi connectivity index (χ3v) is 3.95. The fraction of sp³-hybridized carbons (Fsp3) is 0.471. The molecule has 1 unspecified atom stereocenters. The summed E-state index contributed by atoms with van der Waals surface area (Å²) in [6.07, 6.45) is 7.06. The number of benzene rings is 1. The van der Waals surface area contributed by atoms with Gasteiger partial charge in [0.05, 0.1) is 0 Å². The van der Waals surface area contributed by atoms with Crippen molar-refractivity contribution in [3.8, 4) is 0 Å². The summed E-state index contributed by atoms with van der Waals surface area (Å²) in [6, 6.07) is 6.26. The molecule has 1 saturated heterocycles. The smallest absolute Gasteiger partial charge is 0.162 e. The first-order chi connectivity index (χ1) is 9.70. The summed E-state index contributed by atoms with van der Waals surface area (Å²) in [5.74, 6) is -0.208. The van der Waals surface area contributed by atoms with Crippen molar-refractivity contribution in [2.45, 2.75) is 38.1 Å². The van der Waals surface area contributed by atoms with Crippen LogP contribution in [0.3, 0.4) is 0 Å². The van der Waals surface area contributed by atoms with Gasteiger partial charge in [-0.1, -0.05) is 12.5 Å². The van der Waals surface area contributed by atoms with Crippen LogP contribution in [-0.4, -0.2) is 29.8 Å². The normalized spacial score (nSPS) is 19.8. The lowest BCUT2D eigenvalue weighted by Gasteiger charge is -2.33. The predicted octanol–water partition coefficient (Wildman–Crippen LogP) is 3.83. The monoisotopic (exact) mass is 275 g/mol. The van der Waals surface area contributed by atoms with Crippen LogP contribution in [0.1, 0.15) is 42.5 Å². The van der Waals surface area contributed by atoms with Gasteiger partial charge in [0.2, 0.25) is 0 Å². The molecule has 0 aliphatic carbocycles. The third kappa shape index (κ3) is 4.01. The largest absolute Gasteiger partial charge is 0.297 e. The quantitative estimate of drug-likeness (QED) is 0.581. The van der Waals surface area contributed by atoms with Crippen LogP contribution in [0.25, 0.3) is 0 Å². The number of ketones is 1. The third-order valence-electron chi connectivity index (χ3n) is 3.95. The molecule has 1 atom stereocenters. The van der Waals surface area contributed by atoms with E-state index < -0.39 is 0 Å². The van der Waals surface area contributed by atoms with Crippen LogP contribution in [0.15, 0.2) is 36.9 Å². The van der Waals surface area contributed by atoms with Crippen molar-refractivity contribution in [2.24, 2.45) is 0 Å². The highest BCUT2D eigenvalue weighted by Gasteiger charge is 2.19. The summed E-state index contributed by atoms with van der Waals surface area (Å²) in [6.45, 7) is 5.92. The number of rotatable bonds is 6. The molecule has 0 spiro atoms. The molecule has 2 nitrogen and oxygen atoms in total. The highest BCUT2D eigenvalue weighted by Crippen LogP contribution is 2.18. The Labute approximate surface area is 120 Å². The predicted molar refractivity (Wildman–Crippen MR) is 79.4 cm³/mol. The summed E-state index contributed by atoms with van der Waals surface area (Å²) in [5, 5.41) is 0. The number of Topliss-reactive ketones (excluding diaryl/α,β-unsaturated/α-hetero) is 1. The Morgan fingerprint density at radius 2 is 2.10 bits per heavy atom. The first-order valence-corrected chi connectivity index (χ1v) is 7.36. The molecule has 0 aromatic heterocycles. The van der Waals surface area contributed by atoms with E-state index in [1.165, 1.54) is 31.4 Å². The second-order valence-corrected chi connectivity index (χ2v) is 5.37. The van der Waals surface area contributed by atoms with Gasteiger partial charge in [-0.2, -0.15) is 0 Å². The minimum absolute atomic E-state index is 0.0946. The molecule has 0 N–H and O–H groups in total. The van der Waals surface area contributed by atoms with E-state index >= 15 is 0 Å². The molecule has 1 aliphatic heterocycles. The van der Waals surface area contributed by atoms with Gasteiger partial charge in [-0.3, -0.25) is 9.69 Å². The van der Waals surface area contributed by atoms with Gasteiger partial charge in [-0.05, 0) is 56.6 Å². The zero-order chi connectivity index (χ0) is 14.4. The average Bonchev–Trinajstić information content (AvgIpc) is 2.48. The molecule has 3 heteroatoms. The van der Waals surface area contributed by atoms with Crippen molar-refractivity contribution in [1.82, 2.24) is 4.90 Å². The fourth-order valence-electron chi connectivity index (χ4n) is 2.78. The standard InChI is InChI=1S/C17H22FNO/c1-2-16-6-3-4-12-19(16)13-5-7-17(20)14-8-10-15(18)11-9-14/h2,8-11,16H,1,3-7,12-13H2. The van der Waals surface area contributed by atoms with Crippen molar-refractivity contribution < 1.29 is 9.18 Å². The van der Waals surface area contributed by atoms with Crippen molar-refractivity contribution in [2.75, 3.05) is 13.1 Å². The Kier molecular flexibility index (Phi) is 5.48. The van der Waals surface area contributed by atoms with Gasteiger partial charge >= 0.3 is 0 Å². The number of hydrogen-bond acceptors (Lipinski definition) is 2. The van der Waals surface area contributed by atoms with Crippen LogP contribution < -0.4 is 0 Å². The maximum absolute atomic E-state index is 12.8. The van der Waals surface area contributed by atoms with E-state index in [-0.39, 0.29) is 11.6 Å². The van der Waals surface area contributed by atoms with Crippen LogP contribution in [0.2, 0.25) is 0 Å². The van der Waals surface area contributed by atoms with Crippen molar-refractivity contribution in [3.05, 3.63) is 48.3 Å². The van der Waals surface area contributed by atoms with Gasteiger partial charge < -0.3 is 0 Å². The second kappa shape index (κ2) is 7.34. The highest BCUT2D eigenvalue weighted by atomic mass is 19.1. The number of carbonyl (C=O) groups excluding carboxylic acids is 1. The molecule has 0 saturated carbocycles. The first-order valence-electron chi connectivity index (χ1n) is 7.36. The number of hydrogen-bond donors (Lipinski definition) is 0. The number of likely N-dealkylation sites (tertiary alicyclic amines) is 1.